The summed E-state index contributed by atoms with van der Waals surface area (Å²) in [4.78, 5) is 12.3. The Morgan fingerprint density at radius 1 is 0.885 bits per heavy atom. The standard InChI is InChI=1S/C22H16N2O2/c1-13(25)20(14(2)26)22-18-9-5-3-7-16(18)21(15(11-23)12-24)17-8-4-6-10-19(17)22/h3-10,15,25H,1-2H3/b20-13-. The van der Waals surface area contributed by atoms with Gasteiger partial charge in [0.2, 0.25) is 0 Å². The molecule has 0 saturated carbocycles. The Labute approximate surface area is 151 Å². The fourth-order valence-corrected chi connectivity index (χ4v) is 3.51. The van der Waals surface area contributed by atoms with Crippen molar-refractivity contribution in [1.29, 1.82) is 10.5 Å². The first-order valence-corrected chi connectivity index (χ1v) is 8.15. The van der Waals surface area contributed by atoms with Gasteiger partial charge >= 0.3 is 0 Å². The van der Waals surface area contributed by atoms with E-state index in [0.717, 1.165) is 21.5 Å². The number of Topliss-reactive ketones (excluding diaryl/α,β-unsaturated/α-hetero) is 1. The van der Waals surface area contributed by atoms with Gasteiger partial charge in [0.05, 0.1) is 17.7 Å². The SMILES string of the molecule is CC(=O)/C(=C(\C)O)c1c2ccccc2c(C(C#N)C#N)c2ccccc12. The number of nitriles is 2. The number of rotatable bonds is 3. The Kier molecular flexibility index (Phi) is 4.43. The van der Waals surface area contributed by atoms with Gasteiger partial charge in [-0.1, -0.05) is 48.5 Å². The van der Waals surface area contributed by atoms with Crippen LogP contribution in [0.2, 0.25) is 0 Å². The predicted molar refractivity (Wildman–Crippen MR) is 101 cm³/mol. The molecule has 3 aromatic carbocycles. The van der Waals surface area contributed by atoms with Gasteiger partial charge < -0.3 is 5.11 Å². The molecule has 3 aromatic rings. The van der Waals surface area contributed by atoms with E-state index in [0.29, 0.717) is 11.1 Å². The van der Waals surface area contributed by atoms with Crippen molar-refractivity contribution in [3.8, 4) is 12.1 Å². The third-order valence-corrected chi connectivity index (χ3v) is 4.48. The maximum atomic E-state index is 12.3. The third-order valence-electron chi connectivity index (χ3n) is 4.48. The minimum absolute atomic E-state index is 0.0577. The zero-order valence-electron chi connectivity index (χ0n) is 14.4. The van der Waals surface area contributed by atoms with Crippen LogP contribution in [0.3, 0.4) is 0 Å². The Balaban J connectivity index is 2.67. The highest BCUT2D eigenvalue weighted by Crippen LogP contribution is 2.40. The van der Waals surface area contributed by atoms with Crippen LogP contribution in [0.15, 0.2) is 54.3 Å². The molecule has 0 heterocycles. The van der Waals surface area contributed by atoms with Crippen LogP contribution in [0, 0.1) is 22.7 Å². The maximum absolute atomic E-state index is 12.3. The number of ketones is 1. The number of fused-ring (bicyclic) bond motifs is 2. The molecule has 0 aliphatic heterocycles. The fraction of sp³-hybridized carbons (Fsp3) is 0.136. The van der Waals surface area contributed by atoms with Crippen LogP contribution in [-0.4, -0.2) is 10.9 Å². The number of carbonyl (C=O) groups is 1. The Morgan fingerprint density at radius 3 is 1.65 bits per heavy atom. The maximum Gasteiger partial charge on any atom is 0.163 e. The van der Waals surface area contributed by atoms with Crippen molar-refractivity contribution < 1.29 is 9.90 Å². The molecule has 1 N–H and O–H groups in total. The normalized spacial score (nSPS) is 11.9. The van der Waals surface area contributed by atoms with Gasteiger partial charge in [0.15, 0.2) is 11.7 Å². The van der Waals surface area contributed by atoms with Gasteiger partial charge in [0.25, 0.3) is 0 Å². The van der Waals surface area contributed by atoms with Crippen LogP contribution < -0.4 is 0 Å². The monoisotopic (exact) mass is 340 g/mol. The molecule has 3 rings (SSSR count). The van der Waals surface area contributed by atoms with E-state index in [4.69, 9.17) is 0 Å². The molecule has 0 unspecified atom stereocenters. The smallest absolute Gasteiger partial charge is 0.163 e. The second-order valence-corrected chi connectivity index (χ2v) is 6.09. The zero-order chi connectivity index (χ0) is 18.8. The molecule has 0 radical (unpaired) electrons. The fourth-order valence-electron chi connectivity index (χ4n) is 3.51. The molecule has 0 amide bonds. The van der Waals surface area contributed by atoms with Crippen molar-refractivity contribution in [2.45, 2.75) is 19.8 Å². The number of hydrogen-bond acceptors (Lipinski definition) is 4. The predicted octanol–water partition coefficient (Wildman–Crippen LogP) is 5.00. The molecule has 4 nitrogen and oxygen atoms in total. The minimum atomic E-state index is -0.932. The first-order chi connectivity index (χ1) is 12.5. The molecule has 0 bridgehead atoms. The van der Waals surface area contributed by atoms with E-state index < -0.39 is 5.92 Å². The van der Waals surface area contributed by atoms with Crippen molar-refractivity contribution in [2.75, 3.05) is 0 Å². The van der Waals surface area contributed by atoms with E-state index in [1.165, 1.54) is 13.8 Å². The van der Waals surface area contributed by atoms with Gasteiger partial charge in [-0.05, 0) is 41.0 Å². The van der Waals surface area contributed by atoms with Crippen LogP contribution in [-0.2, 0) is 4.79 Å². The van der Waals surface area contributed by atoms with E-state index >= 15 is 0 Å². The molecular weight excluding hydrogens is 324 g/mol. The number of allylic oxidation sites excluding steroid dienone is 2. The lowest BCUT2D eigenvalue weighted by Gasteiger charge is -2.18. The number of nitrogens with zero attached hydrogens (tertiary/aromatic N) is 2. The van der Waals surface area contributed by atoms with E-state index in [9.17, 15) is 20.4 Å². The third kappa shape index (κ3) is 2.59. The molecule has 0 spiro atoms. The lowest BCUT2D eigenvalue weighted by atomic mass is 9.83. The zero-order valence-corrected chi connectivity index (χ0v) is 14.4. The van der Waals surface area contributed by atoms with Crippen LogP contribution in [0.4, 0.5) is 0 Å². The van der Waals surface area contributed by atoms with Crippen molar-refractivity contribution in [1.82, 2.24) is 0 Å². The van der Waals surface area contributed by atoms with Crippen molar-refractivity contribution in [3.63, 3.8) is 0 Å². The Hall–Kier alpha value is -3.63. The van der Waals surface area contributed by atoms with E-state index in [2.05, 4.69) is 12.1 Å². The van der Waals surface area contributed by atoms with Crippen LogP contribution in [0.1, 0.15) is 30.9 Å². The Bertz CT molecular complexity index is 1090. The summed E-state index contributed by atoms with van der Waals surface area (Å²) in [6.45, 7) is 2.90. The molecule has 126 valence electrons. The highest BCUT2D eigenvalue weighted by molar-refractivity contribution is 6.28. The first-order valence-electron chi connectivity index (χ1n) is 8.15. The summed E-state index contributed by atoms with van der Waals surface area (Å²) in [5.74, 6) is -1.23. The molecule has 0 fully saturated rings. The summed E-state index contributed by atoms with van der Waals surface area (Å²) < 4.78 is 0. The number of hydrogen-bond donors (Lipinski definition) is 1. The van der Waals surface area contributed by atoms with Crippen molar-refractivity contribution in [3.05, 3.63) is 65.4 Å². The molecule has 0 aromatic heterocycles. The van der Waals surface area contributed by atoms with Gasteiger partial charge in [-0.25, -0.2) is 0 Å². The summed E-state index contributed by atoms with van der Waals surface area (Å²) in [6.07, 6.45) is 0. The first kappa shape index (κ1) is 17.2. The largest absolute Gasteiger partial charge is 0.512 e. The second kappa shape index (κ2) is 6.70. The second-order valence-electron chi connectivity index (χ2n) is 6.09. The van der Waals surface area contributed by atoms with Crippen LogP contribution in [0.25, 0.3) is 27.1 Å². The summed E-state index contributed by atoms with van der Waals surface area (Å²) in [6, 6.07) is 18.8. The average molecular weight is 340 g/mol. The lowest BCUT2D eigenvalue weighted by Crippen LogP contribution is -2.04. The van der Waals surface area contributed by atoms with Gasteiger partial charge in [-0.15, -0.1) is 0 Å². The van der Waals surface area contributed by atoms with Crippen LogP contribution >= 0.6 is 0 Å². The summed E-state index contributed by atoms with van der Waals surface area (Å²) >= 11 is 0. The summed E-state index contributed by atoms with van der Waals surface area (Å²) in [7, 11) is 0. The molecule has 0 saturated heterocycles. The molecule has 0 atom stereocenters. The van der Waals surface area contributed by atoms with Gasteiger partial charge in [0, 0.05) is 5.56 Å². The molecular formula is C22H16N2O2. The Morgan fingerprint density at radius 2 is 1.31 bits per heavy atom. The molecule has 0 aliphatic carbocycles. The molecule has 0 aliphatic rings. The lowest BCUT2D eigenvalue weighted by molar-refractivity contribution is -0.111. The molecule has 26 heavy (non-hydrogen) atoms. The van der Waals surface area contributed by atoms with E-state index in [1.807, 2.05) is 48.5 Å². The topological polar surface area (TPSA) is 84.9 Å². The number of aliphatic hydroxyl groups is 1. The van der Waals surface area contributed by atoms with Gasteiger partial charge in [-0.2, -0.15) is 10.5 Å². The highest BCUT2D eigenvalue weighted by atomic mass is 16.3. The van der Waals surface area contributed by atoms with Crippen LogP contribution in [0.5, 0.6) is 0 Å². The highest BCUT2D eigenvalue weighted by Gasteiger charge is 2.23. The summed E-state index contributed by atoms with van der Waals surface area (Å²) in [5.41, 5.74) is 1.50. The average Bonchev–Trinajstić information content (AvgIpc) is 2.63. The molecule has 4 heteroatoms. The minimum Gasteiger partial charge on any atom is -0.512 e. The number of benzene rings is 3. The number of aliphatic hydroxyl groups excluding tert-OH is 1. The number of carbonyl (C=O) groups excluding carboxylic acids is 1. The quantitative estimate of drug-likeness (QED) is 0.413. The van der Waals surface area contributed by atoms with E-state index in [-0.39, 0.29) is 17.1 Å². The van der Waals surface area contributed by atoms with Gasteiger partial charge in [-0.3, -0.25) is 4.79 Å². The van der Waals surface area contributed by atoms with Gasteiger partial charge in [0.1, 0.15) is 5.76 Å². The van der Waals surface area contributed by atoms with Crippen molar-refractivity contribution >= 4 is 32.9 Å². The van der Waals surface area contributed by atoms with E-state index in [1.54, 1.807) is 0 Å². The van der Waals surface area contributed by atoms with Crippen molar-refractivity contribution in [2.24, 2.45) is 0 Å². The summed E-state index contributed by atoms with van der Waals surface area (Å²) in [5, 5.41) is 32.1.